The molecule has 1 saturated heterocycles. The molecule has 7 nitrogen and oxygen atoms in total. The molecule has 162 valence electrons. The monoisotopic (exact) mass is 412 g/mol. The fraction of sp³-hybridized carbons (Fsp3) is 0.435. The number of aryl methyl sites for hydroxylation is 1. The Kier molecular flexibility index (Phi) is 7.68. The van der Waals surface area contributed by atoms with Gasteiger partial charge in [-0.1, -0.05) is 30.3 Å². The Morgan fingerprint density at radius 2 is 1.87 bits per heavy atom. The highest BCUT2D eigenvalue weighted by atomic mass is 16.5. The van der Waals surface area contributed by atoms with Crippen molar-refractivity contribution >= 4 is 17.4 Å². The maximum absolute atomic E-state index is 12.7. The van der Waals surface area contributed by atoms with E-state index in [1.165, 1.54) is 0 Å². The fourth-order valence-corrected chi connectivity index (χ4v) is 3.63. The molecule has 0 aliphatic carbocycles. The van der Waals surface area contributed by atoms with Gasteiger partial charge in [0.05, 0.1) is 37.2 Å². The minimum Gasteiger partial charge on any atom is -0.392 e. The third-order valence-electron chi connectivity index (χ3n) is 5.38. The number of rotatable bonds is 7. The standard InChI is InChI=1S/C23H32N4O3/c1-17-4-9-21(27-10-12-30-13-11-27)20(14-17)25-23(29)24-15-22(26(2)3)19-7-5-18(16-28)6-8-19/h4-9,14,22,28H,10-13,15-16H2,1-3H3,(H2,24,25,29). The number of hydrogen-bond donors (Lipinski definition) is 3. The van der Waals surface area contributed by atoms with Crippen LogP contribution in [0.4, 0.5) is 16.2 Å². The first-order valence-corrected chi connectivity index (χ1v) is 10.3. The third-order valence-corrected chi connectivity index (χ3v) is 5.38. The average Bonchev–Trinajstić information content (AvgIpc) is 2.75. The molecule has 1 unspecified atom stereocenters. The zero-order valence-corrected chi connectivity index (χ0v) is 18.0. The van der Waals surface area contributed by atoms with Gasteiger partial charge in [-0.05, 0) is 49.8 Å². The van der Waals surface area contributed by atoms with Crippen LogP contribution in [0.2, 0.25) is 0 Å². The van der Waals surface area contributed by atoms with Gasteiger partial charge < -0.3 is 30.3 Å². The lowest BCUT2D eigenvalue weighted by atomic mass is 10.0. The summed E-state index contributed by atoms with van der Waals surface area (Å²) in [7, 11) is 3.97. The van der Waals surface area contributed by atoms with Crippen molar-refractivity contribution in [3.63, 3.8) is 0 Å². The summed E-state index contributed by atoms with van der Waals surface area (Å²) in [6.07, 6.45) is 0. The first kappa shape index (κ1) is 22.1. The second-order valence-corrected chi connectivity index (χ2v) is 7.83. The van der Waals surface area contributed by atoms with Crippen molar-refractivity contribution in [1.29, 1.82) is 0 Å². The normalized spacial score (nSPS) is 15.2. The largest absolute Gasteiger partial charge is 0.392 e. The Bertz CT molecular complexity index is 833. The number of nitrogens with zero attached hydrogens (tertiary/aromatic N) is 2. The number of nitrogens with one attached hydrogen (secondary N) is 2. The Labute approximate surface area is 178 Å². The number of morpholine rings is 1. The van der Waals surface area contributed by atoms with Gasteiger partial charge in [0.25, 0.3) is 0 Å². The number of carbonyl (C=O) groups is 1. The molecule has 0 spiro atoms. The minimum atomic E-state index is -0.228. The summed E-state index contributed by atoms with van der Waals surface area (Å²) in [6.45, 7) is 5.52. The number of hydrogen-bond acceptors (Lipinski definition) is 5. The second kappa shape index (κ2) is 10.4. The van der Waals surface area contributed by atoms with Crippen molar-refractivity contribution in [3.8, 4) is 0 Å². The van der Waals surface area contributed by atoms with E-state index in [2.05, 4.69) is 32.6 Å². The summed E-state index contributed by atoms with van der Waals surface area (Å²) in [5, 5.41) is 15.3. The highest BCUT2D eigenvalue weighted by molar-refractivity contribution is 5.93. The summed E-state index contributed by atoms with van der Waals surface area (Å²) in [5.74, 6) is 0. The number of carbonyl (C=O) groups excluding carboxylic acids is 1. The van der Waals surface area contributed by atoms with Crippen molar-refractivity contribution in [2.24, 2.45) is 0 Å². The number of urea groups is 1. The van der Waals surface area contributed by atoms with E-state index in [9.17, 15) is 9.90 Å². The molecule has 1 fully saturated rings. The van der Waals surface area contributed by atoms with Gasteiger partial charge in [0.1, 0.15) is 0 Å². The summed E-state index contributed by atoms with van der Waals surface area (Å²) in [4.78, 5) is 17.0. The van der Waals surface area contributed by atoms with E-state index in [0.717, 1.165) is 41.2 Å². The molecule has 2 aromatic rings. The molecular weight excluding hydrogens is 380 g/mol. The second-order valence-electron chi connectivity index (χ2n) is 7.83. The van der Waals surface area contributed by atoms with Crippen LogP contribution in [0.1, 0.15) is 22.7 Å². The van der Waals surface area contributed by atoms with Crippen molar-refractivity contribution in [1.82, 2.24) is 10.2 Å². The zero-order valence-electron chi connectivity index (χ0n) is 18.0. The minimum absolute atomic E-state index is 0.0233. The molecule has 2 aromatic carbocycles. The number of aliphatic hydroxyl groups excluding tert-OH is 1. The Balaban J connectivity index is 1.66. The predicted octanol–water partition coefficient (Wildman–Crippen LogP) is 2.75. The third kappa shape index (κ3) is 5.72. The number of benzene rings is 2. The van der Waals surface area contributed by atoms with Gasteiger partial charge >= 0.3 is 6.03 Å². The first-order chi connectivity index (χ1) is 14.5. The van der Waals surface area contributed by atoms with E-state index in [1.54, 1.807) is 0 Å². The average molecular weight is 413 g/mol. The molecular formula is C23H32N4O3. The van der Waals surface area contributed by atoms with Crippen LogP contribution >= 0.6 is 0 Å². The first-order valence-electron chi connectivity index (χ1n) is 10.3. The van der Waals surface area contributed by atoms with Crippen LogP contribution in [0.15, 0.2) is 42.5 Å². The summed E-state index contributed by atoms with van der Waals surface area (Å²) in [6, 6.07) is 13.7. The quantitative estimate of drug-likeness (QED) is 0.652. The van der Waals surface area contributed by atoms with Gasteiger partial charge in [0, 0.05) is 19.6 Å². The van der Waals surface area contributed by atoms with Gasteiger partial charge in [-0.2, -0.15) is 0 Å². The number of likely N-dealkylation sites (N-methyl/N-ethyl adjacent to an activating group) is 1. The molecule has 30 heavy (non-hydrogen) atoms. The lowest BCUT2D eigenvalue weighted by Crippen LogP contribution is -2.39. The summed E-state index contributed by atoms with van der Waals surface area (Å²) in [5.41, 5.74) is 4.88. The number of amides is 2. The molecule has 1 aliphatic heterocycles. The summed E-state index contributed by atoms with van der Waals surface area (Å²) >= 11 is 0. The fourth-order valence-electron chi connectivity index (χ4n) is 3.63. The van der Waals surface area contributed by atoms with Crippen molar-refractivity contribution in [3.05, 3.63) is 59.2 Å². The van der Waals surface area contributed by atoms with Crippen LogP contribution in [0.3, 0.4) is 0 Å². The summed E-state index contributed by atoms with van der Waals surface area (Å²) < 4.78 is 5.45. The molecule has 7 heteroatoms. The van der Waals surface area contributed by atoms with Crippen LogP contribution in [0, 0.1) is 6.92 Å². The van der Waals surface area contributed by atoms with Crippen LogP contribution in [0.5, 0.6) is 0 Å². The van der Waals surface area contributed by atoms with E-state index < -0.39 is 0 Å². The molecule has 3 rings (SSSR count). The number of ether oxygens (including phenoxy) is 1. The molecule has 2 amide bonds. The van der Waals surface area contributed by atoms with E-state index in [0.29, 0.717) is 19.8 Å². The smallest absolute Gasteiger partial charge is 0.319 e. The predicted molar refractivity (Wildman–Crippen MR) is 120 cm³/mol. The topological polar surface area (TPSA) is 77.1 Å². The van der Waals surface area contributed by atoms with Gasteiger partial charge in [-0.3, -0.25) is 0 Å². The lowest BCUT2D eigenvalue weighted by Gasteiger charge is -2.31. The Morgan fingerprint density at radius 1 is 1.17 bits per heavy atom. The SMILES string of the molecule is Cc1ccc(N2CCOCC2)c(NC(=O)NCC(c2ccc(CO)cc2)N(C)C)c1. The molecule has 0 aromatic heterocycles. The molecule has 1 aliphatic rings. The van der Waals surface area contributed by atoms with Gasteiger partial charge in [0.2, 0.25) is 0 Å². The van der Waals surface area contributed by atoms with E-state index in [1.807, 2.05) is 51.4 Å². The number of aliphatic hydroxyl groups is 1. The maximum Gasteiger partial charge on any atom is 0.319 e. The maximum atomic E-state index is 12.7. The highest BCUT2D eigenvalue weighted by Crippen LogP contribution is 2.28. The van der Waals surface area contributed by atoms with Crippen molar-refractivity contribution < 1.29 is 14.6 Å². The number of anilines is 2. The van der Waals surface area contributed by atoms with E-state index >= 15 is 0 Å². The van der Waals surface area contributed by atoms with Gasteiger partial charge in [-0.25, -0.2) is 4.79 Å². The molecule has 0 bridgehead atoms. The molecule has 0 radical (unpaired) electrons. The van der Waals surface area contributed by atoms with Crippen LogP contribution < -0.4 is 15.5 Å². The highest BCUT2D eigenvalue weighted by Gasteiger charge is 2.18. The van der Waals surface area contributed by atoms with Crippen LogP contribution in [0.25, 0.3) is 0 Å². The Morgan fingerprint density at radius 3 is 2.50 bits per heavy atom. The molecule has 3 N–H and O–H groups in total. The molecule has 1 heterocycles. The van der Waals surface area contributed by atoms with Crippen LogP contribution in [-0.2, 0) is 11.3 Å². The molecule has 0 saturated carbocycles. The van der Waals surface area contributed by atoms with Crippen molar-refractivity contribution in [2.45, 2.75) is 19.6 Å². The van der Waals surface area contributed by atoms with E-state index in [4.69, 9.17) is 4.74 Å². The Hall–Kier alpha value is -2.61. The van der Waals surface area contributed by atoms with Crippen LogP contribution in [-0.4, -0.2) is 63.0 Å². The zero-order chi connectivity index (χ0) is 21.5. The lowest BCUT2D eigenvalue weighted by molar-refractivity contribution is 0.123. The van der Waals surface area contributed by atoms with E-state index in [-0.39, 0.29) is 18.7 Å². The van der Waals surface area contributed by atoms with Gasteiger partial charge in [-0.15, -0.1) is 0 Å². The van der Waals surface area contributed by atoms with Crippen molar-refractivity contribution in [2.75, 3.05) is 57.2 Å². The van der Waals surface area contributed by atoms with Gasteiger partial charge in [0.15, 0.2) is 0 Å². The molecule has 1 atom stereocenters.